The summed E-state index contributed by atoms with van der Waals surface area (Å²) in [5.41, 5.74) is 1.08. The standard InChI is InChI=1S/C24H31FN2O3S/c1-4-17(3)14-26(23(28)5-2)15-24(29)27-11-9-22-20(10-12-31-22)21(27)16-30-19-8-6-7-18(25)13-19/h6-8,10,12-13,17,21H,4-5,9,11,14-16H2,1-3H3/t17-,21+/m1/s1. The molecule has 0 aliphatic carbocycles. The van der Waals surface area contributed by atoms with Crippen molar-refractivity contribution >= 4 is 23.2 Å². The predicted octanol–water partition coefficient (Wildman–Crippen LogP) is 4.68. The van der Waals surface area contributed by atoms with E-state index >= 15 is 0 Å². The summed E-state index contributed by atoms with van der Waals surface area (Å²) in [7, 11) is 0. The average molecular weight is 447 g/mol. The number of fused-ring (bicyclic) bond motifs is 1. The topological polar surface area (TPSA) is 49.9 Å². The molecule has 0 fully saturated rings. The molecule has 3 rings (SSSR count). The van der Waals surface area contributed by atoms with Crippen LogP contribution in [0.4, 0.5) is 4.39 Å². The van der Waals surface area contributed by atoms with Crippen molar-refractivity contribution in [2.24, 2.45) is 5.92 Å². The van der Waals surface area contributed by atoms with Crippen molar-refractivity contribution in [1.82, 2.24) is 9.80 Å². The van der Waals surface area contributed by atoms with E-state index in [1.165, 1.54) is 17.0 Å². The number of benzene rings is 1. The largest absolute Gasteiger partial charge is 0.491 e. The van der Waals surface area contributed by atoms with Crippen LogP contribution in [-0.4, -0.2) is 47.9 Å². The highest BCUT2D eigenvalue weighted by Crippen LogP contribution is 2.34. The van der Waals surface area contributed by atoms with E-state index in [1.54, 1.807) is 28.4 Å². The number of ether oxygens (including phenoxy) is 1. The van der Waals surface area contributed by atoms with Gasteiger partial charge in [-0.2, -0.15) is 0 Å². The third-order valence-corrected chi connectivity index (χ3v) is 6.83. The summed E-state index contributed by atoms with van der Waals surface area (Å²) >= 11 is 1.68. The lowest BCUT2D eigenvalue weighted by Crippen LogP contribution is -2.48. The molecular weight excluding hydrogens is 415 g/mol. The van der Waals surface area contributed by atoms with Gasteiger partial charge in [0.1, 0.15) is 18.2 Å². The number of halogens is 1. The molecule has 2 aromatic rings. The average Bonchev–Trinajstić information content (AvgIpc) is 3.25. The third-order valence-electron chi connectivity index (χ3n) is 5.83. The lowest BCUT2D eigenvalue weighted by Gasteiger charge is -2.37. The molecule has 1 aliphatic rings. The van der Waals surface area contributed by atoms with Gasteiger partial charge in [-0.25, -0.2) is 4.39 Å². The van der Waals surface area contributed by atoms with Crippen LogP contribution in [0.2, 0.25) is 0 Å². The summed E-state index contributed by atoms with van der Waals surface area (Å²) in [5, 5.41) is 2.03. The molecule has 2 amide bonds. The van der Waals surface area contributed by atoms with Crippen LogP contribution in [0, 0.1) is 11.7 Å². The molecular formula is C24H31FN2O3S. The minimum atomic E-state index is -0.357. The Balaban J connectivity index is 1.76. The van der Waals surface area contributed by atoms with Crippen LogP contribution >= 0.6 is 11.3 Å². The SMILES string of the molecule is CCC(=O)N(CC(=O)N1CCc2sccc2[C@@H]1COc1cccc(F)c1)C[C@H](C)CC. The summed E-state index contributed by atoms with van der Waals surface area (Å²) in [4.78, 5) is 30.5. The maximum atomic E-state index is 13.5. The van der Waals surface area contributed by atoms with Crippen molar-refractivity contribution in [3.63, 3.8) is 0 Å². The first kappa shape index (κ1) is 23.3. The van der Waals surface area contributed by atoms with E-state index in [4.69, 9.17) is 4.74 Å². The van der Waals surface area contributed by atoms with E-state index in [0.717, 1.165) is 18.4 Å². The zero-order chi connectivity index (χ0) is 22.4. The molecule has 0 radical (unpaired) electrons. The smallest absolute Gasteiger partial charge is 0.242 e. The van der Waals surface area contributed by atoms with Gasteiger partial charge in [-0.1, -0.05) is 33.3 Å². The fourth-order valence-corrected chi connectivity index (χ4v) is 4.77. The number of hydrogen-bond donors (Lipinski definition) is 0. The van der Waals surface area contributed by atoms with Crippen molar-refractivity contribution in [3.8, 4) is 5.75 Å². The first-order valence-corrected chi connectivity index (χ1v) is 11.8. The molecule has 2 heterocycles. The molecule has 0 N–H and O–H groups in total. The summed E-state index contributed by atoms with van der Waals surface area (Å²) < 4.78 is 19.4. The molecule has 1 aliphatic heterocycles. The zero-order valence-electron chi connectivity index (χ0n) is 18.5. The van der Waals surface area contributed by atoms with Crippen LogP contribution in [0.15, 0.2) is 35.7 Å². The van der Waals surface area contributed by atoms with Gasteiger partial charge >= 0.3 is 0 Å². The first-order valence-electron chi connectivity index (χ1n) is 10.9. The molecule has 2 atom stereocenters. The lowest BCUT2D eigenvalue weighted by atomic mass is 10.00. The Morgan fingerprint density at radius 2 is 2.13 bits per heavy atom. The van der Waals surface area contributed by atoms with Crippen molar-refractivity contribution in [2.45, 2.75) is 46.1 Å². The predicted molar refractivity (Wildman–Crippen MR) is 121 cm³/mol. The maximum absolute atomic E-state index is 13.5. The van der Waals surface area contributed by atoms with Gasteiger partial charge in [0.15, 0.2) is 0 Å². The summed E-state index contributed by atoms with van der Waals surface area (Å²) in [5.74, 6) is 0.336. The van der Waals surface area contributed by atoms with Crippen molar-refractivity contribution in [3.05, 3.63) is 52.0 Å². The van der Waals surface area contributed by atoms with Gasteiger partial charge in [0.05, 0.1) is 12.6 Å². The number of rotatable bonds is 9. The van der Waals surface area contributed by atoms with Gasteiger partial charge in [0.2, 0.25) is 11.8 Å². The third kappa shape index (κ3) is 5.85. The number of thiophene rings is 1. The Hall–Kier alpha value is -2.41. The number of nitrogens with zero attached hydrogens (tertiary/aromatic N) is 2. The highest BCUT2D eigenvalue weighted by atomic mass is 32.1. The van der Waals surface area contributed by atoms with Crippen LogP contribution in [-0.2, 0) is 16.0 Å². The Bertz CT molecular complexity index is 900. The van der Waals surface area contributed by atoms with Crippen LogP contribution in [0.1, 0.15) is 50.1 Å². The molecule has 0 unspecified atom stereocenters. The molecule has 5 nitrogen and oxygen atoms in total. The zero-order valence-corrected chi connectivity index (χ0v) is 19.3. The van der Waals surface area contributed by atoms with Crippen molar-refractivity contribution in [2.75, 3.05) is 26.2 Å². The second-order valence-electron chi connectivity index (χ2n) is 8.06. The van der Waals surface area contributed by atoms with Crippen LogP contribution in [0.5, 0.6) is 5.75 Å². The van der Waals surface area contributed by atoms with Gasteiger partial charge in [-0.15, -0.1) is 11.3 Å². The Kier molecular flexibility index (Phi) is 8.07. The minimum absolute atomic E-state index is 0.00515. The summed E-state index contributed by atoms with van der Waals surface area (Å²) in [6.07, 6.45) is 2.13. The van der Waals surface area contributed by atoms with Gasteiger partial charge in [-0.05, 0) is 41.5 Å². The van der Waals surface area contributed by atoms with E-state index in [1.807, 2.05) is 23.3 Å². The summed E-state index contributed by atoms with van der Waals surface area (Å²) in [6.45, 7) is 7.49. The van der Waals surface area contributed by atoms with Gasteiger partial charge in [0, 0.05) is 30.5 Å². The van der Waals surface area contributed by atoms with E-state index in [-0.39, 0.29) is 36.8 Å². The van der Waals surface area contributed by atoms with E-state index < -0.39 is 0 Å². The molecule has 31 heavy (non-hydrogen) atoms. The molecule has 0 spiro atoms. The van der Waals surface area contributed by atoms with Crippen LogP contribution < -0.4 is 4.74 Å². The Labute approximate surface area is 187 Å². The van der Waals surface area contributed by atoms with Crippen LogP contribution in [0.25, 0.3) is 0 Å². The fraction of sp³-hybridized carbons (Fsp3) is 0.500. The number of amides is 2. The quantitative estimate of drug-likeness (QED) is 0.562. The van der Waals surface area contributed by atoms with Gasteiger partial charge in [0.25, 0.3) is 0 Å². The van der Waals surface area contributed by atoms with Crippen molar-refractivity contribution in [1.29, 1.82) is 0 Å². The second kappa shape index (κ2) is 10.8. The molecule has 7 heteroatoms. The minimum Gasteiger partial charge on any atom is -0.491 e. The maximum Gasteiger partial charge on any atom is 0.242 e. The van der Waals surface area contributed by atoms with Gasteiger partial charge in [-0.3, -0.25) is 9.59 Å². The van der Waals surface area contributed by atoms with E-state index in [0.29, 0.717) is 31.2 Å². The molecule has 0 saturated carbocycles. The summed E-state index contributed by atoms with van der Waals surface area (Å²) in [6, 6.07) is 7.81. The Morgan fingerprint density at radius 3 is 2.84 bits per heavy atom. The highest BCUT2D eigenvalue weighted by Gasteiger charge is 2.33. The van der Waals surface area contributed by atoms with Gasteiger partial charge < -0.3 is 14.5 Å². The first-order chi connectivity index (χ1) is 14.9. The number of carbonyl (C=O) groups excluding carboxylic acids is 2. The molecule has 1 aromatic carbocycles. The molecule has 168 valence electrons. The van der Waals surface area contributed by atoms with Crippen molar-refractivity contribution < 1.29 is 18.7 Å². The Morgan fingerprint density at radius 1 is 1.32 bits per heavy atom. The monoisotopic (exact) mass is 446 g/mol. The normalized spacial score (nSPS) is 16.5. The van der Waals surface area contributed by atoms with Crippen LogP contribution in [0.3, 0.4) is 0 Å². The molecule has 1 aromatic heterocycles. The van der Waals surface area contributed by atoms with E-state index in [2.05, 4.69) is 13.8 Å². The highest BCUT2D eigenvalue weighted by molar-refractivity contribution is 7.10. The van der Waals surface area contributed by atoms with E-state index in [9.17, 15) is 14.0 Å². The second-order valence-corrected chi connectivity index (χ2v) is 9.06. The molecule has 0 bridgehead atoms. The number of hydrogen-bond acceptors (Lipinski definition) is 4. The lowest BCUT2D eigenvalue weighted by molar-refractivity contribution is -0.143. The number of carbonyl (C=O) groups is 2. The fourth-order valence-electron chi connectivity index (χ4n) is 3.84. The molecule has 0 saturated heterocycles.